The Morgan fingerprint density at radius 1 is 1.54 bits per heavy atom. The number of halogens is 1. The molecule has 2 nitrogen and oxygen atoms in total. The first-order valence-electron chi connectivity index (χ1n) is 3.97. The Morgan fingerprint density at radius 3 is 2.92 bits per heavy atom. The highest BCUT2D eigenvalue weighted by molar-refractivity contribution is 7.10. The number of nitrogens with zero attached hydrogens (tertiary/aromatic N) is 2. The molecular formula is C9H9ClN2S. The molecule has 68 valence electrons. The van der Waals surface area contributed by atoms with Crippen molar-refractivity contribution in [1.29, 1.82) is 0 Å². The van der Waals surface area contributed by atoms with Gasteiger partial charge in [-0.1, -0.05) is 11.6 Å². The van der Waals surface area contributed by atoms with Gasteiger partial charge in [0.25, 0.3) is 0 Å². The summed E-state index contributed by atoms with van der Waals surface area (Å²) >= 11 is 7.63. The van der Waals surface area contributed by atoms with Crippen LogP contribution >= 0.6 is 22.9 Å². The van der Waals surface area contributed by atoms with Crippen LogP contribution in [0.3, 0.4) is 0 Å². The van der Waals surface area contributed by atoms with E-state index in [4.69, 9.17) is 11.6 Å². The molecule has 2 heterocycles. The molecule has 0 aliphatic rings. The van der Waals surface area contributed by atoms with Crippen LogP contribution in [0.2, 0.25) is 5.02 Å². The van der Waals surface area contributed by atoms with Gasteiger partial charge in [-0.25, -0.2) is 0 Å². The van der Waals surface area contributed by atoms with E-state index in [2.05, 4.69) is 5.10 Å². The predicted octanol–water partition coefficient (Wildman–Crippen LogP) is 2.95. The zero-order valence-corrected chi connectivity index (χ0v) is 8.77. The summed E-state index contributed by atoms with van der Waals surface area (Å²) in [6, 6.07) is 3.90. The van der Waals surface area contributed by atoms with Crippen molar-refractivity contribution in [3.8, 4) is 0 Å². The molecule has 2 aromatic heterocycles. The molecule has 2 aromatic rings. The average Bonchev–Trinajstić information content (AvgIpc) is 2.64. The topological polar surface area (TPSA) is 17.8 Å². The second-order valence-electron chi connectivity index (χ2n) is 2.85. The minimum Gasteiger partial charge on any atom is -0.267 e. The van der Waals surface area contributed by atoms with E-state index in [1.807, 2.05) is 35.3 Å². The Hall–Kier alpha value is -0.800. The highest BCUT2D eigenvalue weighted by Gasteiger charge is 2.02. The number of aromatic nitrogens is 2. The van der Waals surface area contributed by atoms with E-state index in [0.717, 1.165) is 22.1 Å². The van der Waals surface area contributed by atoms with Crippen molar-refractivity contribution in [1.82, 2.24) is 9.78 Å². The maximum Gasteiger partial charge on any atom is 0.0767 e. The normalized spacial score (nSPS) is 10.6. The molecule has 0 radical (unpaired) electrons. The Balaban J connectivity index is 2.19. The summed E-state index contributed by atoms with van der Waals surface area (Å²) in [7, 11) is 0. The van der Waals surface area contributed by atoms with Crippen molar-refractivity contribution in [3.05, 3.63) is 39.3 Å². The van der Waals surface area contributed by atoms with Crippen LogP contribution in [0, 0.1) is 6.92 Å². The first-order valence-corrected chi connectivity index (χ1v) is 5.23. The molecule has 0 aromatic carbocycles. The molecule has 13 heavy (non-hydrogen) atoms. The summed E-state index contributed by atoms with van der Waals surface area (Å²) in [4.78, 5) is 1.16. The smallest absolute Gasteiger partial charge is 0.0767 e. The lowest BCUT2D eigenvalue weighted by atomic mass is 10.4. The lowest BCUT2D eigenvalue weighted by Gasteiger charge is -1.98. The predicted molar refractivity (Wildman–Crippen MR) is 55.4 cm³/mol. The Morgan fingerprint density at radius 2 is 2.38 bits per heavy atom. The molecule has 0 N–H and O–H groups in total. The molecule has 0 atom stereocenters. The molecule has 0 amide bonds. The minimum absolute atomic E-state index is 0.768. The molecule has 0 aliphatic heterocycles. The third-order valence-electron chi connectivity index (χ3n) is 1.77. The second kappa shape index (κ2) is 3.52. The van der Waals surface area contributed by atoms with Gasteiger partial charge in [0.1, 0.15) is 0 Å². The fourth-order valence-electron chi connectivity index (χ4n) is 1.14. The van der Waals surface area contributed by atoms with E-state index in [1.165, 1.54) is 0 Å². The first kappa shape index (κ1) is 8.78. The quantitative estimate of drug-likeness (QED) is 0.749. The fraction of sp³-hybridized carbons (Fsp3) is 0.222. The molecular weight excluding hydrogens is 204 g/mol. The molecule has 0 bridgehead atoms. The zero-order valence-electron chi connectivity index (χ0n) is 7.20. The van der Waals surface area contributed by atoms with E-state index in [-0.39, 0.29) is 0 Å². The van der Waals surface area contributed by atoms with Gasteiger partial charge in [-0.3, -0.25) is 4.68 Å². The molecule has 0 fully saturated rings. The standard InChI is InChI=1S/C9H9ClN2S/c1-7-2-4-12(11-7)6-9-8(10)3-5-13-9/h2-5H,6H2,1H3. The lowest BCUT2D eigenvalue weighted by Crippen LogP contribution is -1.98. The van der Waals surface area contributed by atoms with Crippen molar-refractivity contribution in [2.24, 2.45) is 0 Å². The molecule has 0 saturated carbocycles. The van der Waals surface area contributed by atoms with Gasteiger partial charge in [0.05, 0.1) is 17.3 Å². The van der Waals surface area contributed by atoms with Gasteiger partial charge >= 0.3 is 0 Å². The summed E-state index contributed by atoms with van der Waals surface area (Å²) in [5, 5.41) is 7.12. The van der Waals surface area contributed by atoms with Crippen LogP contribution in [0.15, 0.2) is 23.7 Å². The summed E-state index contributed by atoms with van der Waals surface area (Å²) in [6.07, 6.45) is 1.96. The van der Waals surface area contributed by atoms with Gasteiger partial charge in [0.15, 0.2) is 0 Å². The molecule has 0 spiro atoms. The monoisotopic (exact) mass is 212 g/mol. The maximum atomic E-state index is 5.97. The van der Waals surface area contributed by atoms with Crippen molar-refractivity contribution >= 4 is 22.9 Å². The summed E-state index contributed by atoms with van der Waals surface area (Å²) in [5.41, 5.74) is 1.03. The van der Waals surface area contributed by atoms with Crippen LogP contribution in [0.4, 0.5) is 0 Å². The summed E-state index contributed by atoms with van der Waals surface area (Å²) in [5.74, 6) is 0. The second-order valence-corrected chi connectivity index (χ2v) is 4.25. The average molecular weight is 213 g/mol. The first-order chi connectivity index (χ1) is 6.25. The third-order valence-corrected chi connectivity index (χ3v) is 3.14. The van der Waals surface area contributed by atoms with Crippen LogP contribution < -0.4 is 0 Å². The van der Waals surface area contributed by atoms with Crippen LogP contribution in [0.5, 0.6) is 0 Å². The molecule has 0 aliphatic carbocycles. The SMILES string of the molecule is Cc1ccn(Cc2sccc2Cl)n1. The van der Waals surface area contributed by atoms with E-state index in [1.54, 1.807) is 11.3 Å². The summed E-state index contributed by atoms with van der Waals surface area (Å²) in [6.45, 7) is 2.75. The summed E-state index contributed by atoms with van der Waals surface area (Å²) < 4.78 is 1.90. The van der Waals surface area contributed by atoms with Crippen molar-refractivity contribution in [3.63, 3.8) is 0 Å². The van der Waals surface area contributed by atoms with Gasteiger partial charge in [-0.2, -0.15) is 5.10 Å². The number of hydrogen-bond acceptors (Lipinski definition) is 2. The van der Waals surface area contributed by atoms with Crippen LogP contribution in [-0.4, -0.2) is 9.78 Å². The van der Waals surface area contributed by atoms with Crippen LogP contribution in [0.25, 0.3) is 0 Å². The largest absolute Gasteiger partial charge is 0.267 e. The number of hydrogen-bond donors (Lipinski definition) is 0. The zero-order chi connectivity index (χ0) is 9.26. The van der Waals surface area contributed by atoms with Gasteiger partial charge in [-0.15, -0.1) is 11.3 Å². The van der Waals surface area contributed by atoms with Crippen molar-refractivity contribution in [2.75, 3.05) is 0 Å². The van der Waals surface area contributed by atoms with Crippen LogP contribution in [-0.2, 0) is 6.54 Å². The fourth-order valence-corrected chi connectivity index (χ4v) is 2.22. The van der Waals surface area contributed by atoms with E-state index >= 15 is 0 Å². The maximum absolute atomic E-state index is 5.97. The highest BCUT2D eigenvalue weighted by Crippen LogP contribution is 2.22. The minimum atomic E-state index is 0.768. The van der Waals surface area contributed by atoms with Gasteiger partial charge in [0, 0.05) is 11.1 Å². The van der Waals surface area contributed by atoms with Crippen molar-refractivity contribution in [2.45, 2.75) is 13.5 Å². The van der Waals surface area contributed by atoms with E-state index in [9.17, 15) is 0 Å². The Bertz CT molecular complexity index is 405. The Kier molecular flexibility index (Phi) is 2.38. The number of aryl methyl sites for hydroxylation is 1. The van der Waals surface area contributed by atoms with Gasteiger partial charge in [0.2, 0.25) is 0 Å². The van der Waals surface area contributed by atoms with Crippen molar-refractivity contribution < 1.29 is 0 Å². The van der Waals surface area contributed by atoms with E-state index < -0.39 is 0 Å². The van der Waals surface area contributed by atoms with Gasteiger partial charge in [-0.05, 0) is 24.4 Å². The molecule has 4 heteroatoms. The van der Waals surface area contributed by atoms with E-state index in [0.29, 0.717) is 0 Å². The lowest BCUT2D eigenvalue weighted by molar-refractivity contribution is 0.687. The Labute approximate surface area is 85.8 Å². The molecule has 0 saturated heterocycles. The van der Waals surface area contributed by atoms with Crippen LogP contribution in [0.1, 0.15) is 10.6 Å². The highest BCUT2D eigenvalue weighted by atomic mass is 35.5. The molecule has 2 rings (SSSR count). The number of thiophene rings is 1. The van der Waals surface area contributed by atoms with Gasteiger partial charge < -0.3 is 0 Å². The number of rotatable bonds is 2. The third kappa shape index (κ3) is 1.92. The molecule has 0 unspecified atom stereocenters.